The Bertz CT molecular complexity index is 694. The number of nitrogens with zero attached hydrogens (tertiary/aromatic N) is 2. The predicted molar refractivity (Wildman–Crippen MR) is 93.8 cm³/mol. The van der Waals surface area contributed by atoms with E-state index in [2.05, 4.69) is 26.1 Å². The van der Waals surface area contributed by atoms with Crippen molar-refractivity contribution in [2.24, 2.45) is 5.92 Å². The molecular weight excluding hydrogens is 290 g/mol. The third-order valence-electron chi connectivity index (χ3n) is 3.90. The molecule has 1 atom stereocenters. The van der Waals surface area contributed by atoms with Crippen LogP contribution in [0.5, 0.6) is 0 Å². The fourth-order valence-corrected chi connectivity index (χ4v) is 2.65. The second-order valence-electron chi connectivity index (χ2n) is 6.20. The van der Waals surface area contributed by atoms with E-state index in [9.17, 15) is 4.79 Å². The first-order valence-corrected chi connectivity index (χ1v) is 8.30. The first-order valence-electron chi connectivity index (χ1n) is 8.30. The van der Waals surface area contributed by atoms with E-state index in [1.165, 1.54) is 0 Å². The molecule has 0 radical (unpaired) electrons. The van der Waals surface area contributed by atoms with Gasteiger partial charge in [0.2, 0.25) is 0 Å². The van der Waals surface area contributed by atoms with Gasteiger partial charge in [0.05, 0.1) is 30.1 Å². The molecule has 5 nitrogen and oxygen atoms in total. The molecule has 1 aromatic carbocycles. The summed E-state index contributed by atoms with van der Waals surface area (Å²) in [5.74, 6) is 1.34. The molecule has 1 unspecified atom stereocenters. The summed E-state index contributed by atoms with van der Waals surface area (Å²) < 4.78 is 6.93. The second kappa shape index (κ2) is 8.22. The fraction of sp³-hybridized carbons (Fsp3) is 0.556. The maximum atomic E-state index is 12.9. The van der Waals surface area contributed by atoms with Crippen LogP contribution in [0.4, 0.5) is 0 Å². The highest BCUT2D eigenvalue weighted by Crippen LogP contribution is 2.17. The van der Waals surface area contributed by atoms with E-state index in [0.717, 1.165) is 24.3 Å². The predicted octanol–water partition coefficient (Wildman–Crippen LogP) is 2.74. The number of hydrogen-bond donors (Lipinski definition) is 1. The highest BCUT2D eigenvalue weighted by atomic mass is 16.5. The molecule has 126 valence electrons. The summed E-state index contributed by atoms with van der Waals surface area (Å²) in [4.78, 5) is 17.6. The van der Waals surface area contributed by atoms with Gasteiger partial charge < -0.3 is 10.1 Å². The van der Waals surface area contributed by atoms with E-state index in [1.54, 1.807) is 11.7 Å². The summed E-state index contributed by atoms with van der Waals surface area (Å²) in [5, 5.41) is 4.19. The van der Waals surface area contributed by atoms with Crippen LogP contribution in [0.3, 0.4) is 0 Å². The third-order valence-corrected chi connectivity index (χ3v) is 3.90. The zero-order chi connectivity index (χ0) is 16.8. The van der Waals surface area contributed by atoms with Crippen molar-refractivity contribution in [1.82, 2.24) is 14.9 Å². The lowest BCUT2D eigenvalue weighted by Gasteiger charge is -2.22. The number of rotatable bonds is 8. The number of methoxy groups -OCH3 is 1. The van der Waals surface area contributed by atoms with Crippen molar-refractivity contribution in [3.05, 3.63) is 40.4 Å². The van der Waals surface area contributed by atoms with E-state index in [1.807, 2.05) is 24.3 Å². The van der Waals surface area contributed by atoms with E-state index in [4.69, 9.17) is 9.72 Å². The van der Waals surface area contributed by atoms with Gasteiger partial charge in [-0.15, -0.1) is 0 Å². The number of benzene rings is 1. The van der Waals surface area contributed by atoms with E-state index in [0.29, 0.717) is 24.5 Å². The van der Waals surface area contributed by atoms with Crippen molar-refractivity contribution in [1.29, 1.82) is 0 Å². The minimum absolute atomic E-state index is 0.00690. The van der Waals surface area contributed by atoms with Crippen LogP contribution >= 0.6 is 0 Å². The minimum atomic E-state index is 0.00690. The number of aromatic nitrogens is 2. The zero-order valence-electron chi connectivity index (χ0n) is 14.5. The monoisotopic (exact) mass is 317 g/mol. The molecule has 0 saturated heterocycles. The summed E-state index contributed by atoms with van der Waals surface area (Å²) in [7, 11) is 1.65. The first-order chi connectivity index (χ1) is 11.1. The van der Waals surface area contributed by atoms with Gasteiger partial charge in [-0.25, -0.2) is 4.98 Å². The number of ether oxygens (including phenoxy) is 1. The van der Waals surface area contributed by atoms with E-state index >= 15 is 0 Å². The van der Waals surface area contributed by atoms with Crippen LogP contribution in [0, 0.1) is 5.92 Å². The standard InChI is InChI=1S/C18H27N3O2/c1-5-15(19-12-13(2)3)17-20-16-9-7-6-8-14(16)18(22)21(17)10-11-23-4/h6-9,13,15,19H,5,10-12H2,1-4H3. The molecule has 1 heterocycles. The summed E-state index contributed by atoms with van der Waals surface area (Å²) in [6, 6.07) is 7.59. The van der Waals surface area contributed by atoms with E-state index < -0.39 is 0 Å². The van der Waals surface area contributed by atoms with Crippen molar-refractivity contribution in [3.8, 4) is 0 Å². The lowest BCUT2D eigenvalue weighted by molar-refractivity contribution is 0.184. The Labute approximate surface area is 137 Å². The molecule has 0 aliphatic heterocycles. The molecule has 0 aliphatic carbocycles. The Morgan fingerprint density at radius 1 is 1.30 bits per heavy atom. The van der Waals surface area contributed by atoms with Gasteiger partial charge in [-0.3, -0.25) is 9.36 Å². The number of para-hydroxylation sites is 1. The van der Waals surface area contributed by atoms with Crippen LogP contribution < -0.4 is 10.9 Å². The van der Waals surface area contributed by atoms with Crippen LogP contribution in [0.1, 0.15) is 39.1 Å². The molecule has 1 N–H and O–H groups in total. The topological polar surface area (TPSA) is 56.2 Å². The largest absolute Gasteiger partial charge is 0.383 e. The van der Waals surface area contributed by atoms with Crippen molar-refractivity contribution in [2.45, 2.75) is 39.8 Å². The lowest BCUT2D eigenvalue weighted by Crippen LogP contribution is -2.34. The normalized spacial score (nSPS) is 12.9. The van der Waals surface area contributed by atoms with Crippen LogP contribution in [0.25, 0.3) is 10.9 Å². The summed E-state index contributed by atoms with van der Waals surface area (Å²) >= 11 is 0. The highest BCUT2D eigenvalue weighted by Gasteiger charge is 2.18. The Morgan fingerprint density at radius 2 is 2.04 bits per heavy atom. The van der Waals surface area contributed by atoms with Crippen molar-refractivity contribution < 1.29 is 4.74 Å². The van der Waals surface area contributed by atoms with Gasteiger partial charge in [-0.2, -0.15) is 0 Å². The minimum Gasteiger partial charge on any atom is -0.383 e. The van der Waals surface area contributed by atoms with Gasteiger partial charge in [0.1, 0.15) is 5.82 Å². The average Bonchev–Trinajstić information content (AvgIpc) is 2.55. The fourth-order valence-electron chi connectivity index (χ4n) is 2.65. The van der Waals surface area contributed by atoms with Crippen molar-refractivity contribution in [2.75, 3.05) is 20.3 Å². The number of nitrogens with one attached hydrogen (secondary N) is 1. The van der Waals surface area contributed by atoms with Crippen molar-refractivity contribution >= 4 is 10.9 Å². The molecule has 0 spiro atoms. The molecule has 1 aromatic heterocycles. The molecular formula is C18H27N3O2. The quantitative estimate of drug-likeness (QED) is 0.813. The second-order valence-corrected chi connectivity index (χ2v) is 6.20. The van der Waals surface area contributed by atoms with Gasteiger partial charge in [0, 0.05) is 7.11 Å². The van der Waals surface area contributed by atoms with Crippen molar-refractivity contribution in [3.63, 3.8) is 0 Å². The van der Waals surface area contributed by atoms with E-state index in [-0.39, 0.29) is 11.6 Å². The number of hydrogen-bond acceptors (Lipinski definition) is 4. The third kappa shape index (κ3) is 4.18. The Morgan fingerprint density at radius 3 is 2.70 bits per heavy atom. The lowest BCUT2D eigenvalue weighted by atomic mass is 10.1. The van der Waals surface area contributed by atoms with Crippen LogP contribution in [0.15, 0.2) is 29.1 Å². The van der Waals surface area contributed by atoms with Crippen LogP contribution in [-0.2, 0) is 11.3 Å². The van der Waals surface area contributed by atoms with Gasteiger partial charge >= 0.3 is 0 Å². The zero-order valence-corrected chi connectivity index (χ0v) is 14.5. The molecule has 2 rings (SSSR count). The van der Waals surface area contributed by atoms with Gasteiger partial charge in [-0.1, -0.05) is 32.9 Å². The summed E-state index contributed by atoms with van der Waals surface area (Å²) in [5.41, 5.74) is 0.762. The Balaban J connectivity index is 2.51. The van der Waals surface area contributed by atoms with Gasteiger partial charge in [-0.05, 0) is 31.0 Å². The molecule has 23 heavy (non-hydrogen) atoms. The Kier molecular flexibility index (Phi) is 6.30. The maximum Gasteiger partial charge on any atom is 0.261 e. The maximum absolute atomic E-state index is 12.9. The molecule has 2 aromatic rings. The first kappa shape index (κ1) is 17.6. The summed E-state index contributed by atoms with van der Waals surface area (Å²) in [6.07, 6.45) is 0.879. The Hall–Kier alpha value is -1.72. The molecule has 0 fully saturated rings. The molecule has 0 amide bonds. The van der Waals surface area contributed by atoms with Gasteiger partial charge in [0.15, 0.2) is 0 Å². The number of fused-ring (bicyclic) bond motifs is 1. The smallest absolute Gasteiger partial charge is 0.261 e. The summed E-state index contributed by atoms with van der Waals surface area (Å²) in [6.45, 7) is 8.36. The average molecular weight is 317 g/mol. The highest BCUT2D eigenvalue weighted by molar-refractivity contribution is 5.77. The SMILES string of the molecule is CCC(NCC(C)C)c1nc2ccccc2c(=O)n1CCOC. The molecule has 0 saturated carbocycles. The molecule has 0 aliphatic rings. The molecule has 0 bridgehead atoms. The molecule has 5 heteroatoms. The van der Waals surface area contributed by atoms with Crippen LogP contribution in [-0.4, -0.2) is 29.8 Å². The van der Waals surface area contributed by atoms with Crippen LogP contribution in [0.2, 0.25) is 0 Å². The van der Waals surface area contributed by atoms with Gasteiger partial charge in [0.25, 0.3) is 5.56 Å².